The van der Waals surface area contributed by atoms with Crippen LogP contribution in [-0.2, 0) is 4.74 Å². The van der Waals surface area contributed by atoms with Gasteiger partial charge in [0.05, 0.1) is 0 Å². The van der Waals surface area contributed by atoms with E-state index in [1.807, 2.05) is 17.0 Å². The van der Waals surface area contributed by atoms with Crippen LogP contribution in [0.15, 0.2) is 28.9 Å². The van der Waals surface area contributed by atoms with Crippen molar-refractivity contribution in [1.82, 2.24) is 20.0 Å². The predicted molar refractivity (Wildman–Crippen MR) is 89.2 cm³/mol. The SMILES string of the molecule is O=C(c1ccccn1)N1CCC(c2nc(C3CCOCC3)no2)CC1. The Hall–Kier alpha value is -2.28. The molecule has 7 nitrogen and oxygen atoms in total. The number of hydrogen-bond acceptors (Lipinski definition) is 6. The van der Waals surface area contributed by atoms with Crippen molar-refractivity contribution in [2.45, 2.75) is 37.5 Å². The first kappa shape index (κ1) is 16.2. The molecule has 2 saturated heterocycles. The fourth-order valence-corrected chi connectivity index (χ4v) is 3.52. The summed E-state index contributed by atoms with van der Waals surface area (Å²) in [4.78, 5) is 23.1. The van der Waals surface area contributed by atoms with E-state index in [4.69, 9.17) is 9.26 Å². The summed E-state index contributed by atoms with van der Waals surface area (Å²) in [7, 11) is 0. The van der Waals surface area contributed by atoms with E-state index in [0.29, 0.717) is 30.6 Å². The van der Waals surface area contributed by atoms with Crippen LogP contribution >= 0.6 is 0 Å². The van der Waals surface area contributed by atoms with Crippen molar-refractivity contribution in [2.24, 2.45) is 0 Å². The van der Waals surface area contributed by atoms with Crippen LogP contribution in [0.5, 0.6) is 0 Å². The largest absolute Gasteiger partial charge is 0.381 e. The highest BCUT2D eigenvalue weighted by molar-refractivity contribution is 5.92. The number of carbonyl (C=O) groups is 1. The number of piperidine rings is 1. The highest BCUT2D eigenvalue weighted by Gasteiger charge is 2.29. The van der Waals surface area contributed by atoms with Gasteiger partial charge in [-0.05, 0) is 37.8 Å². The van der Waals surface area contributed by atoms with Crippen LogP contribution in [0, 0.1) is 0 Å². The third-order valence-electron chi connectivity index (χ3n) is 5.06. The van der Waals surface area contributed by atoms with Crippen molar-refractivity contribution in [1.29, 1.82) is 0 Å². The number of aromatic nitrogens is 3. The van der Waals surface area contributed by atoms with E-state index >= 15 is 0 Å². The molecule has 0 unspecified atom stereocenters. The Kier molecular flexibility index (Phi) is 4.74. The molecule has 2 aromatic rings. The minimum atomic E-state index is -0.00697. The van der Waals surface area contributed by atoms with Crippen molar-refractivity contribution in [3.05, 3.63) is 41.8 Å². The van der Waals surface area contributed by atoms with Crippen LogP contribution in [0.25, 0.3) is 0 Å². The lowest BCUT2D eigenvalue weighted by Crippen LogP contribution is -2.38. The zero-order chi connectivity index (χ0) is 17.1. The van der Waals surface area contributed by atoms with Crippen LogP contribution in [0.1, 0.15) is 59.7 Å². The first-order chi connectivity index (χ1) is 12.3. The Morgan fingerprint density at radius 3 is 2.60 bits per heavy atom. The normalized spacial score (nSPS) is 19.9. The van der Waals surface area contributed by atoms with Crippen LogP contribution in [0.2, 0.25) is 0 Å². The Labute approximate surface area is 146 Å². The third-order valence-corrected chi connectivity index (χ3v) is 5.06. The molecule has 0 radical (unpaired) electrons. The molecule has 0 aliphatic carbocycles. The number of amides is 1. The quantitative estimate of drug-likeness (QED) is 0.852. The molecule has 0 aromatic carbocycles. The van der Waals surface area contributed by atoms with Crippen LogP contribution in [0.4, 0.5) is 0 Å². The molecule has 0 bridgehead atoms. The van der Waals surface area contributed by atoms with Gasteiger partial charge in [-0.15, -0.1) is 0 Å². The molecule has 0 spiro atoms. The second-order valence-corrected chi connectivity index (χ2v) is 6.66. The van der Waals surface area contributed by atoms with Crippen molar-refractivity contribution in [3.8, 4) is 0 Å². The lowest BCUT2D eigenvalue weighted by atomic mass is 9.96. The summed E-state index contributed by atoms with van der Waals surface area (Å²) in [5, 5.41) is 4.18. The van der Waals surface area contributed by atoms with E-state index in [2.05, 4.69) is 15.1 Å². The lowest BCUT2D eigenvalue weighted by molar-refractivity contribution is 0.0698. The number of likely N-dealkylation sites (tertiary alicyclic amines) is 1. The number of ether oxygens (including phenoxy) is 1. The molecule has 2 aromatic heterocycles. The average Bonchev–Trinajstić information content (AvgIpc) is 3.19. The Morgan fingerprint density at radius 1 is 1.08 bits per heavy atom. The first-order valence-corrected chi connectivity index (χ1v) is 8.93. The van der Waals surface area contributed by atoms with E-state index in [1.165, 1.54) is 0 Å². The van der Waals surface area contributed by atoms with Crippen molar-refractivity contribution >= 4 is 5.91 Å². The fourth-order valence-electron chi connectivity index (χ4n) is 3.52. The lowest BCUT2D eigenvalue weighted by Gasteiger charge is -2.30. The summed E-state index contributed by atoms with van der Waals surface area (Å²) >= 11 is 0. The molecule has 25 heavy (non-hydrogen) atoms. The standard InChI is InChI=1S/C18H22N4O3/c23-18(15-3-1-2-8-19-15)22-9-4-14(5-10-22)17-20-16(21-25-17)13-6-11-24-12-7-13/h1-3,8,13-14H,4-7,9-12H2. The van der Waals surface area contributed by atoms with E-state index in [0.717, 1.165) is 44.7 Å². The zero-order valence-corrected chi connectivity index (χ0v) is 14.1. The van der Waals surface area contributed by atoms with Gasteiger partial charge >= 0.3 is 0 Å². The number of pyridine rings is 1. The van der Waals surface area contributed by atoms with Gasteiger partial charge in [-0.25, -0.2) is 0 Å². The third kappa shape index (κ3) is 3.56. The monoisotopic (exact) mass is 342 g/mol. The minimum absolute atomic E-state index is 0.00697. The van der Waals surface area contributed by atoms with Gasteiger partial charge in [0, 0.05) is 44.3 Å². The summed E-state index contributed by atoms with van der Waals surface area (Å²) in [6.07, 6.45) is 5.24. The second-order valence-electron chi connectivity index (χ2n) is 6.66. The molecule has 2 aliphatic heterocycles. The molecule has 4 heterocycles. The van der Waals surface area contributed by atoms with Gasteiger partial charge in [-0.1, -0.05) is 11.2 Å². The molecule has 4 rings (SSSR count). The molecular formula is C18H22N4O3. The first-order valence-electron chi connectivity index (χ1n) is 8.93. The smallest absolute Gasteiger partial charge is 0.272 e. The molecule has 7 heteroatoms. The summed E-state index contributed by atoms with van der Waals surface area (Å²) in [6.45, 7) is 2.91. The maximum absolute atomic E-state index is 12.5. The molecule has 0 N–H and O–H groups in total. The highest BCUT2D eigenvalue weighted by Crippen LogP contribution is 2.30. The highest BCUT2D eigenvalue weighted by atomic mass is 16.5. The van der Waals surface area contributed by atoms with Gasteiger partial charge in [0.25, 0.3) is 5.91 Å². The fraction of sp³-hybridized carbons (Fsp3) is 0.556. The van der Waals surface area contributed by atoms with Crippen LogP contribution in [0.3, 0.4) is 0 Å². The number of hydrogen-bond donors (Lipinski definition) is 0. The van der Waals surface area contributed by atoms with E-state index in [1.54, 1.807) is 12.3 Å². The minimum Gasteiger partial charge on any atom is -0.381 e. The van der Waals surface area contributed by atoms with Crippen molar-refractivity contribution in [2.75, 3.05) is 26.3 Å². The Balaban J connectivity index is 1.36. The molecular weight excluding hydrogens is 320 g/mol. The maximum Gasteiger partial charge on any atom is 0.272 e. The van der Waals surface area contributed by atoms with Crippen LogP contribution < -0.4 is 0 Å². The Bertz CT molecular complexity index is 704. The molecule has 2 aliphatic rings. The van der Waals surface area contributed by atoms with Gasteiger partial charge in [0.2, 0.25) is 5.89 Å². The van der Waals surface area contributed by atoms with Gasteiger partial charge < -0.3 is 14.2 Å². The molecule has 2 fully saturated rings. The zero-order valence-electron chi connectivity index (χ0n) is 14.1. The van der Waals surface area contributed by atoms with Gasteiger partial charge in [-0.2, -0.15) is 4.98 Å². The Morgan fingerprint density at radius 2 is 1.88 bits per heavy atom. The van der Waals surface area contributed by atoms with E-state index in [9.17, 15) is 4.79 Å². The molecule has 132 valence electrons. The summed E-state index contributed by atoms with van der Waals surface area (Å²) in [5.74, 6) is 2.09. The summed E-state index contributed by atoms with van der Waals surface area (Å²) in [6, 6.07) is 5.41. The van der Waals surface area contributed by atoms with E-state index in [-0.39, 0.29) is 11.8 Å². The molecule has 0 saturated carbocycles. The van der Waals surface area contributed by atoms with Gasteiger partial charge in [0.1, 0.15) is 5.69 Å². The van der Waals surface area contributed by atoms with Gasteiger partial charge in [0.15, 0.2) is 5.82 Å². The maximum atomic E-state index is 12.5. The number of carbonyl (C=O) groups excluding carboxylic acids is 1. The second kappa shape index (κ2) is 7.31. The summed E-state index contributed by atoms with van der Waals surface area (Å²) in [5.41, 5.74) is 0.501. The summed E-state index contributed by atoms with van der Waals surface area (Å²) < 4.78 is 10.9. The average molecular weight is 342 g/mol. The predicted octanol–water partition coefficient (Wildman–Crippen LogP) is 2.38. The number of nitrogens with zero attached hydrogens (tertiary/aromatic N) is 4. The molecule has 1 amide bonds. The van der Waals surface area contributed by atoms with E-state index < -0.39 is 0 Å². The number of rotatable bonds is 3. The molecule has 0 atom stereocenters. The van der Waals surface area contributed by atoms with Crippen LogP contribution in [-0.4, -0.2) is 52.2 Å². The van der Waals surface area contributed by atoms with Crippen molar-refractivity contribution in [3.63, 3.8) is 0 Å². The topological polar surface area (TPSA) is 81.4 Å². The van der Waals surface area contributed by atoms with Gasteiger partial charge in [-0.3, -0.25) is 9.78 Å². The van der Waals surface area contributed by atoms with Crippen molar-refractivity contribution < 1.29 is 14.1 Å².